The molecule has 24 heavy (non-hydrogen) atoms. The molecule has 0 saturated carbocycles. The second kappa shape index (κ2) is 7.88. The molecule has 1 amide bonds. The molecule has 0 fully saturated rings. The van der Waals surface area contributed by atoms with Gasteiger partial charge in [0.2, 0.25) is 0 Å². The lowest BCUT2D eigenvalue weighted by atomic mass is 10.2. The Kier molecular flexibility index (Phi) is 5.87. The van der Waals surface area contributed by atoms with Crippen LogP contribution in [-0.4, -0.2) is 42.1 Å². The Morgan fingerprint density at radius 1 is 1.33 bits per heavy atom. The fourth-order valence-corrected chi connectivity index (χ4v) is 2.30. The summed E-state index contributed by atoms with van der Waals surface area (Å²) >= 11 is 5.87. The summed E-state index contributed by atoms with van der Waals surface area (Å²) in [6.45, 7) is 2.35. The van der Waals surface area contributed by atoms with Crippen LogP contribution in [0.15, 0.2) is 34.7 Å². The fraction of sp³-hybridized carbons (Fsp3) is 0.294. The van der Waals surface area contributed by atoms with Crippen LogP contribution in [0.2, 0.25) is 5.02 Å². The molecular weight excluding hydrogens is 334 g/mol. The summed E-state index contributed by atoms with van der Waals surface area (Å²) in [7, 11) is 1.60. The number of nitrogens with zero attached hydrogens (tertiary/aromatic N) is 1. The number of aryl methyl sites for hydroxylation is 1. The van der Waals surface area contributed by atoms with E-state index in [2.05, 4.69) is 0 Å². The van der Waals surface area contributed by atoms with Crippen LogP contribution in [0.5, 0.6) is 5.75 Å². The van der Waals surface area contributed by atoms with Crippen molar-refractivity contribution < 1.29 is 23.8 Å². The van der Waals surface area contributed by atoms with Crippen LogP contribution in [0.1, 0.15) is 33.6 Å². The molecule has 0 atom stereocenters. The summed E-state index contributed by atoms with van der Waals surface area (Å²) in [6.07, 6.45) is 0.399. The van der Waals surface area contributed by atoms with Gasteiger partial charge in [-0.3, -0.25) is 4.79 Å². The van der Waals surface area contributed by atoms with Crippen molar-refractivity contribution in [3.05, 3.63) is 52.4 Å². The number of likely N-dealkylation sites (N-methyl/N-ethyl adjacent to an activating group) is 1. The molecule has 0 saturated heterocycles. The summed E-state index contributed by atoms with van der Waals surface area (Å²) < 4.78 is 10.9. The summed E-state index contributed by atoms with van der Waals surface area (Å²) in [4.78, 5) is 24.8. The van der Waals surface area contributed by atoms with Gasteiger partial charge in [0.05, 0.1) is 6.54 Å². The second-order valence-corrected chi connectivity index (χ2v) is 5.58. The maximum atomic E-state index is 12.3. The molecular formula is C17H18ClNO5. The first-order valence-corrected chi connectivity index (χ1v) is 7.80. The summed E-state index contributed by atoms with van der Waals surface area (Å²) in [5.41, 5.74) is 0.0180. The zero-order valence-corrected chi connectivity index (χ0v) is 14.2. The number of amides is 1. The lowest BCUT2D eigenvalue weighted by Crippen LogP contribution is -2.30. The van der Waals surface area contributed by atoms with Crippen molar-refractivity contribution in [1.82, 2.24) is 4.90 Å². The molecule has 0 aliphatic carbocycles. The average Bonchev–Trinajstić information content (AvgIpc) is 2.98. The highest BCUT2D eigenvalue weighted by atomic mass is 35.5. The standard InChI is InChI=1S/C17H18ClNO5/c1-3-14-13(17(21)22)10-15(24-14)16(20)19(2)7-8-23-12-6-4-5-11(18)9-12/h4-6,9-10H,3,7-8H2,1-2H3,(H,21,22). The SMILES string of the molecule is CCc1oc(C(=O)N(C)CCOc2cccc(Cl)c2)cc1C(=O)O. The van der Waals surface area contributed by atoms with E-state index >= 15 is 0 Å². The lowest BCUT2D eigenvalue weighted by Gasteiger charge is -2.16. The predicted octanol–water partition coefficient (Wildman–Crippen LogP) is 3.34. The fourth-order valence-electron chi connectivity index (χ4n) is 2.12. The van der Waals surface area contributed by atoms with E-state index in [1.54, 1.807) is 38.2 Å². The predicted molar refractivity (Wildman–Crippen MR) is 89.0 cm³/mol. The Morgan fingerprint density at radius 2 is 2.08 bits per heavy atom. The van der Waals surface area contributed by atoms with Gasteiger partial charge in [0.25, 0.3) is 5.91 Å². The zero-order valence-electron chi connectivity index (χ0n) is 13.4. The summed E-state index contributed by atoms with van der Waals surface area (Å²) in [6, 6.07) is 8.23. The van der Waals surface area contributed by atoms with E-state index < -0.39 is 11.9 Å². The average molecular weight is 352 g/mol. The third kappa shape index (κ3) is 4.29. The number of ether oxygens (including phenoxy) is 1. The Morgan fingerprint density at radius 3 is 2.67 bits per heavy atom. The third-order valence-corrected chi connectivity index (χ3v) is 3.64. The topological polar surface area (TPSA) is 80.0 Å². The molecule has 1 aromatic heterocycles. The molecule has 0 bridgehead atoms. The van der Waals surface area contributed by atoms with Crippen LogP contribution in [0.25, 0.3) is 0 Å². The maximum absolute atomic E-state index is 12.3. The summed E-state index contributed by atoms with van der Waals surface area (Å²) in [5.74, 6) is -0.597. The maximum Gasteiger partial charge on any atom is 0.339 e. The molecule has 0 aliphatic heterocycles. The molecule has 0 aliphatic rings. The Bertz CT molecular complexity index is 740. The van der Waals surface area contributed by atoms with Crippen molar-refractivity contribution in [1.29, 1.82) is 0 Å². The highest BCUT2D eigenvalue weighted by Gasteiger charge is 2.22. The number of carbonyl (C=O) groups is 2. The van der Waals surface area contributed by atoms with E-state index in [1.165, 1.54) is 11.0 Å². The highest BCUT2D eigenvalue weighted by molar-refractivity contribution is 6.30. The van der Waals surface area contributed by atoms with E-state index in [1.807, 2.05) is 0 Å². The normalized spacial score (nSPS) is 10.5. The van der Waals surface area contributed by atoms with Crippen molar-refractivity contribution in [2.45, 2.75) is 13.3 Å². The minimum atomic E-state index is -1.11. The summed E-state index contributed by atoms with van der Waals surface area (Å²) in [5, 5.41) is 9.67. The first-order chi connectivity index (χ1) is 11.4. The Hall–Kier alpha value is -2.47. The number of halogens is 1. The number of hydrogen-bond donors (Lipinski definition) is 1. The smallest absolute Gasteiger partial charge is 0.339 e. The third-order valence-electron chi connectivity index (χ3n) is 3.41. The molecule has 2 rings (SSSR count). The van der Waals surface area contributed by atoms with Gasteiger partial charge < -0.3 is 19.2 Å². The Balaban J connectivity index is 1.96. The highest BCUT2D eigenvalue weighted by Crippen LogP contribution is 2.19. The number of aromatic carboxylic acids is 1. The van der Waals surface area contributed by atoms with E-state index in [9.17, 15) is 9.59 Å². The number of hydrogen-bond acceptors (Lipinski definition) is 4. The quantitative estimate of drug-likeness (QED) is 0.827. The first-order valence-electron chi connectivity index (χ1n) is 7.42. The van der Waals surface area contributed by atoms with Gasteiger partial charge >= 0.3 is 5.97 Å². The van der Waals surface area contributed by atoms with Crippen LogP contribution in [0.4, 0.5) is 0 Å². The number of carboxylic acids is 1. The van der Waals surface area contributed by atoms with Crippen LogP contribution in [0, 0.1) is 0 Å². The van der Waals surface area contributed by atoms with Gasteiger partial charge in [-0.25, -0.2) is 4.79 Å². The lowest BCUT2D eigenvalue weighted by molar-refractivity contribution is 0.0692. The minimum Gasteiger partial charge on any atom is -0.492 e. The van der Waals surface area contributed by atoms with Crippen LogP contribution >= 0.6 is 11.6 Å². The molecule has 0 unspecified atom stereocenters. The van der Waals surface area contributed by atoms with Gasteiger partial charge in [-0.2, -0.15) is 0 Å². The molecule has 0 radical (unpaired) electrons. The van der Waals surface area contributed by atoms with Gasteiger partial charge in [-0.15, -0.1) is 0 Å². The van der Waals surface area contributed by atoms with Crippen molar-refractivity contribution in [2.75, 3.05) is 20.2 Å². The van der Waals surface area contributed by atoms with Gasteiger partial charge in [0, 0.05) is 24.6 Å². The van der Waals surface area contributed by atoms with Gasteiger partial charge in [-0.05, 0) is 18.2 Å². The van der Waals surface area contributed by atoms with Crippen molar-refractivity contribution >= 4 is 23.5 Å². The van der Waals surface area contributed by atoms with Crippen molar-refractivity contribution in [2.24, 2.45) is 0 Å². The largest absolute Gasteiger partial charge is 0.492 e. The monoisotopic (exact) mass is 351 g/mol. The molecule has 7 heteroatoms. The molecule has 1 heterocycles. The van der Waals surface area contributed by atoms with Gasteiger partial charge in [-0.1, -0.05) is 24.6 Å². The molecule has 1 aromatic carbocycles. The van der Waals surface area contributed by atoms with Crippen LogP contribution < -0.4 is 4.74 Å². The van der Waals surface area contributed by atoms with Gasteiger partial charge in [0.1, 0.15) is 23.7 Å². The number of furan rings is 1. The number of rotatable bonds is 7. The van der Waals surface area contributed by atoms with Crippen molar-refractivity contribution in [3.63, 3.8) is 0 Å². The number of carboxylic acid groups (broad SMARTS) is 1. The molecule has 1 N–H and O–H groups in total. The van der Waals surface area contributed by atoms with Gasteiger partial charge in [0.15, 0.2) is 5.76 Å². The van der Waals surface area contributed by atoms with E-state index in [0.717, 1.165) is 0 Å². The molecule has 128 valence electrons. The Labute approximate surface area is 144 Å². The number of benzene rings is 1. The van der Waals surface area contributed by atoms with Crippen LogP contribution in [0.3, 0.4) is 0 Å². The first kappa shape index (κ1) is 17.9. The van der Waals surface area contributed by atoms with Crippen LogP contribution in [-0.2, 0) is 6.42 Å². The molecule has 6 nitrogen and oxygen atoms in total. The minimum absolute atomic E-state index is 0.00880. The van der Waals surface area contributed by atoms with E-state index in [-0.39, 0.29) is 23.7 Å². The number of carbonyl (C=O) groups excluding carboxylic acids is 1. The zero-order chi connectivity index (χ0) is 17.7. The van der Waals surface area contributed by atoms with E-state index in [4.69, 9.17) is 25.9 Å². The molecule has 2 aromatic rings. The second-order valence-electron chi connectivity index (χ2n) is 5.14. The molecule has 0 spiro atoms. The van der Waals surface area contributed by atoms with Crippen molar-refractivity contribution in [3.8, 4) is 5.75 Å². The van der Waals surface area contributed by atoms with E-state index in [0.29, 0.717) is 23.7 Å².